The summed E-state index contributed by atoms with van der Waals surface area (Å²) in [7, 11) is 0. The van der Waals surface area contributed by atoms with Crippen molar-refractivity contribution >= 4 is 52.1 Å². The third kappa shape index (κ3) is 5.74. The van der Waals surface area contributed by atoms with Crippen molar-refractivity contribution in [1.82, 2.24) is 10.2 Å². The fraction of sp³-hybridized carbons (Fsp3) is 0.0556. The minimum atomic E-state index is -1.09. The van der Waals surface area contributed by atoms with Crippen molar-refractivity contribution in [1.29, 1.82) is 0 Å². The fourth-order valence-corrected chi connectivity index (χ4v) is 2.85. The largest absolute Gasteiger partial charge is 0.482 e. The first-order valence-corrected chi connectivity index (χ1v) is 9.26. The molecule has 0 spiro atoms. The van der Waals surface area contributed by atoms with Crippen LogP contribution in [-0.2, 0) is 4.79 Å². The van der Waals surface area contributed by atoms with Gasteiger partial charge < -0.3 is 20.5 Å². The predicted octanol–water partition coefficient (Wildman–Crippen LogP) is 3.16. The number of ether oxygens (including phenoxy) is 1. The number of amides is 2. The van der Waals surface area contributed by atoms with Gasteiger partial charge in [0.1, 0.15) is 5.75 Å². The van der Waals surface area contributed by atoms with E-state index in [4.69, 9.17) is 21.4 Å². The highest BCUT2D eigenvalue weighted by atomic mass is 35.5. The highest BCUT2D eigenvalue weighted by molar-refractivity contribution is 7.15. The van der Waals surface area contributed by atoms with Crippen LogP contribution in [0.2, 0.25) is 5.02 Å². The molecule has 0 aliphatic heterocycles. The van der Waals surface area contributed by atoms with Crippen molar-refractivity contribution < 1.29 is 24.2 Å². The summed E-state index contributed by atoms with van der Waals surface area (Å²) in [5.74, 6) is -1.77. The molecule has 11 heteroatoms. The molecule has 9 nitrogen and oxygen atoms in total. The summed E-state index contributed by atoms with van der Waals surface area (Å²) in [5, 5.41) is 21.9. The van der Waals surface area contributed by atoms with Gasteiger partial charge in [0.15, 0.2) is 6.61 Å². The zero-order valence-corrected chi connectivity index (χ0v) is 16.2. The Hall–Kier alpha value is -3.50. The van der Waals surface area contributed by atoms with Crippen molar-refractivity contribution in [2.24, 2.45) is 0 Å². The van der Waals surface area contributed by atoms with Gasteiger partial charge in [-0.05, 0) is 48.5 Å². The Balaban J connectivity index is 1.59. The number of benzene rings is 2. The third-order valence-electron chi connectivity index (χ3n) is 3.39. The molecule has 0 saturated carbocycles. The van der Waals surface area contributed by atoms with Gasteiger partial charge in [0, 0.05) is 16.4 Å². The molecule has 148 valence electrons. The molecule has 0 unspecified atom stereocenters. The topological polar surface area (TPSA) is 131 Å². The molecule has 1 heterocycles. The highest BCUT2D eigenvalue weighted by Gasteiger charge is 2.18. The standard InChI is InChI=1S/C18H13ClN4O5S/c19-10-1-3-11(4-2-10)20-15(26)17-22-23-18(29-17)16(27)21-12-5-7-13(8-6-12)28-9-14(24)25/h1-8H,9H2,(H,20,26)(H,21,27)(H,24,25). The van der Waals surface area contributed by atoms with Crippen LogP contribution in [-0.4, -0.2) is 39.7 Å². The molecule has 0 radical (unpaired) electrons. The monoisotopic (exact) mass is 432 g/mol. The van der Waals surface area contributed by atoms with Gasteiger partial charge in [-0.3, -0.25) is 9.59 Å². The first-order valence-electron chi connectivity index (χ1n) is 8.07. The highest BCUT2D eigenvalue weighted by Crippen LogP contribution is 2.19. The second kappa shape index (κ2) is 9.13. The zero-order valence-electron chi connectivity index (χ0n) is 14.6. The van der Waals surface area contributed by atoms with Crippen molar-refractivity contribution in [2.45, 2.75) is 0 Å². The van der Waals surface area contributed by atoms with Gasteiger partial charge in [0.05, 0.1) is 0 Å². The van der Waals surface area contributed by atoms with Gasteiger partial charge in [-0.25, -0.2) is 4.79 Å². The molecular formula is C18H13ClN4O5S. The number of carboxylic acids is 1. The Bertz CT molecular complexity index is 1040. The molecule has 2 aromatic carbocycles. The Kier molecular flexibility index (Phi) is 6.37. The number of carboxylic acid groups (broad SMARTS) is 1. The fourth-order valence-electron chi connectivity index (χ4n) is 2.09. The second-order valence-electron chi connectivity index (χ2n) is 5.53. The Labute approximate surface area is 173 Å². The van der Waals surface area contributed by atoms with E-state index in [-0.39, 0.29) is 10.0 Å². The molecule has 29 heavy (non-hydrogen) atoms. The minimum absolute atomic E-state index is 0.0115. The number of nitrogens with one attached hydrogen (secondary N) is 2. The summed E-state index contributed by atoms with van der Waals surface area (Å²) in [6, 6.07) is 12.7. The van der Waals surface area contributed by atoms with E-state index in [0.717, 1.165) is 11.3 Å². The van der Waals surface area contributed by atoms with E-state index >= 15 is 0 Å². The molecule has 0 fully saturated rings. The van der Waals surface area contributed by atoms with Crippen LogP contribution in [0.15, 0.2) is 48.5 Å². The molecular weight excluding hydrogens is 420 g/mol. The number of carbonyl (C=O) groups excluding carboxylic acids is 2. The number of hydrogen-bond donors (Lipinski definition) is 3. The SMILES string of the molecule is O=C(O)COc1ccc(NC(=O)c2nnc(C(=O)Nc3ccc(Cl)cc3)s2)cc1. The predicted molar refractivity (Wildman–Crippen MR) is 107 cm³/mol. The zero-order chi connectivity index (χ0) is 20.8. The van der Waals surface area contributed by atoms with Gasteiger partial charge in [0.25, 0.3) is 11.8 Å². The number of hydrogen-bond acceptors (Lipinski definition) is 7. The maximum absolute atomic E-state index is 12.3. The van der Waals surface area contributed by atoms with E-state index in [1.807, 2.05) is 0 Å². The van der Waals surface area contributed by atoms with Crippen molar-refractivity contribution in [3.63, 3.8) is 0 Å². The molecule has 0 aliphatic carbocycles. The number of aliphatic carboxylic acids is 1. The lowest BCUT2D eigenvalue weighted by molar-refractivity contribution is -0.139. The summed E-state index contributed by atoms with van der Waals surface area (Å²) in [6.45, 7) is -0.461. The van der Waals surface area contributed by atoms with Crippen LogP contribution in [0.1, 0.15) is 19.6 Å². The maximum Gasteiger partial charge on any atom is 0.341 e. The van der Waals surface area contributed by atoms with Gasteiger partial charge >= 0.3 is 5.97 Å². The molecule has 2 amide bonds. The van der Waals surface area contributed by atoms with E-state index in [2.05, 4.69) is 20.8 Å². The molecule has 3 rings (SSSR count). The first-order chi connectivity index (χ1) is 13.9. The third-order valence-corrected chi connectivity index (χ3v) is 4.56. The summed E-state index contributed by atoms with van der Waals surface area (Å²) in [6.07, 6.45) is 0. The average molecular weight is 433 g/mol. The smallest absolute Gasteiger partial charge is 0.341 e. The molecule has 0 saturated heterocycles. The van der Waals surface area contributed by atoms with E-state index in [1.54, 1.807) is 36.4 Å². The summed E-state index contributed by atoms with van der Waals surface area (Å²) >= 11 is 6.64. The number of carbonyl (C=O) groups is 3. The normalized spacial score (nSPS) is 10.2. The molecule has 0 aliphatic rings. The number of rotatable bonds is 7. The van der Waals surface area contributed by atoms with Crippen LogP contribution in [0.5, 0.6) is 5.75 Å². The van der Waals surface area contributed by atoms with Crippen LogP contribution in [0.4, 0.5) is 11.4 Å². The lowest BCUT2D eigenvalue weighted by Crippen LogP contribution is -2.12. The van der Waals surface area contributed by atoms with Gasteiger partial charge in [-0.15, -0.1) is 10.2 Å². The first kappa shape index (κ1) is 20.2. The molecule has 1 aromatic heterocycles. The molecule has 3 aromatic rings. The maximum atomic E-state index is 12.3. The van der Waals surface area contributed by atoms with Crippen molar-refractivity contribution in [3.8, 4) is 5.75 Å². The van der Waals surface area contributed by atoms with Crippen molar-refractivity contribution in [3.05, 3.63) is 63.6 Å². The van der Waals surface area contributed by atoms with Gasteiger partial charge in [-0.1, -0.05) is 22.9 Å². The average Bonchev–Trinajstić information content (AvgIpc) is 3.20. The van der Waals surface area contributed by atoms with Gasteiger partial charge in [0.2, 0.25) is 10.0 Å². The van der Waals surface area contributed by atoms with Gasteiger partial charge in [-0.2, -0.15) is 0 Å². The molecule has 0 bridgehead atoms. The Morgan fingerprint density at radius 2 is 1.38 bits per heavy atom. The summed E-state index contributed by atoms with van der Waals surface area (Å²) in [5.41, 5.74) is 0.978. The number of aromatic nitrogens is 2. The van der Waals surface area contributed by atoms with Crippen molar-refractivity contribution in [2.75, 3.05) is 17.2 Å². The summed E-state index contributed by atoms with van der Waals surface area (Å²) in [4.78, 5) is 35.0. The lowest BCUT2D eigenvalue weighted by Gasteiger charge is -2.05. The summed E-state index contributed by atoms with van der Waals surface area (Å²) < 4.78 is 5.01. The molecule has 3 N–H and O–H groups in total. The number of halogens is 1. The molecule has 0 atom stereocenters. The van der Waals surface area contributed by atoms with E-state index in [0.29, 0.717) is 22.1 Å². The number of anilines is 2. The van der Waals surface area contributed by atoms with Crippen LogP contribution in [0.3, 0.4) is 0 Å². The quantitative estimate of drug-likeness (QED) is 0.522. The minimum Gasteiger partial charge on any atom is -0.482 e. The Morgan fingerprint density at radius 3 is 1.86 bits per heavy atom. The van der Waals surface area contributed by atoms with E-state index in [9.17, 15) is 14.4 Å². The van der Waals surface area contributed by atoms with Crippen LogP contribution in [0.25, 0.3) is 0 Å². The van der Waals surface area contributed by atoms with Crippen LogP contribution >= 0.6 is 22.9 Å². The van der Waals surface area contributed by atoms with Crippen LogP contribution in [0, 0.1) is 0 Å². The van der Waals surface area contributed by atoms with E-state index < -0.39 is 24.4 Å². The lowest BCUT2D eigenvalue weighted by atomic mass is 10.3. The Morgan fingerprint density at radius 1 is 0.897 bits per heavy atom. The van der Waals surface area contributed by atoms with E-state index in [1.165, 1.54) is 12.1 Å². The van der Waals surface area contributed by atoms with Crippen LogP contribution < -0.4 is 15.4 Å². The number of nitrogens with zero attached hydrogens (tertiary/aromatic N) is 2. The second-order valence-corrected chi connectivity index (χ2v) is 6.95.